The van der Waals surface area contributed by atoms with Gasteiger partial charge in [0.2, 0.25) is 0 Å². The van der Waals surface area contributed by atoms with Crippen LogP contribution >= 0.6 is 0 Å². The van der Waals surface area contributed by atoms with Gasteiger partial charge in [0.15, 0.2) is 0 Å². The molecule has 0 fully saturated rings. The summed E-state index contributed by atoms with van der Waals surface area (Å²) in [7, 11) is 0. The van der Waals surface area contributed by atoms with E-state index in [1.54, 1.807) is 0 Å². The average Bonchev–Trinajstić information content (AvgIpc) is 2.46. The molecule has 0 aliphatic heterocycles. The first-order chi connectivity index (χ1) is 9.82. The van der Waals surface area contributed by atoms with Crippen LogP contribution in [-0.2, 0) is 11.8 Å². The molecule has 4 nitrogen and oxygen atoms in total. The fraction of sp³-hybridized carbons (Fsp3) is 0.412. The number of aromatic amines is 1. The summed E-state index contributed by atoms with van der Waals surface area (Å²) in [6.07, 6.45) is 0.986. The Hall–Kier alpha value is -1.94. The van der Waals surface area contributed by atoms with Crippen molar-refractivity contribution in [2.45, 2.75) is 45.6 Å². The molecule has 0 saturated heterocycles. The van der Waals surface area contributed by atoms with Crippen molar-refractivity contribution in [1.82, 2.24) is 10.2 Å². The number of hydrogen-bond donors (Lipinski definition) is 2. The predicted octanol–water partition coefficient (Wildman–Crippen LogP) is 2.68. The summed E-state index contributed by atoms with van der Waals surface area (Å²) in [5.74, 6) is 0. The van der Waals surface area contributed by atoms with E-state index in [9.17, 15) is 4.79 Å². The maximum atomic E-state index is 12.0. The van der Waals surface area contributed by atoms with Crippen LogP contribution in [0.25, 0.3) is 0 Å². The van der Waals surface area contributed by atoms with Gasteiger partial charge >= 0.3 is 0 Å². The van der Waals surface area contributed by atoms with Crippen molar-refractivity contribution >= 4 is 0 Å². The molecule has 3 N–H and O–H groups in total. The lowest BCUT2D eigenvalue weighted by molar-refractivity contribution is 0.553. The Morgan fingerprint density at radius 1 is 1.24 bits per heavy atom. The molecule has 2 aromatic rings. The fourth-order valence-electron chi connectivity index (χ4n) is 2.18. The van der Waals surface area contributed by atoms with Crippen molar-refractivity contribution in [2.24, 2.45) is 5.73 Å². The van der Waals surface area contributed by atoms with Crippen LogP contribution in [0, 0.1) is 0 Å². The third kappa shape index (κ3) is 3.39. The Morgan fingerprint density at radius 2 is 1.86 bits per heavy atom. The summed E-state index contributed by atoms with van der Waals surface area (Å²) in [6, 6.07) is 9.45. The van der Waals surface area contributed by atoms with Crippen LogP contribution in [0.15, 0.2) is 35.1 Å². The molecule has 4 heteroatoms. The monoisotopic (exact) mass is 285 g/mol. The van der Waals surface area contributed by atoms with Crippen molar-refractivity contribution in [3.05, 3.63) is 63.1 Å². The Bertz CT molecular complexity index is 666. The van der Waals surface area contributed by atoms with Crippen LogP contribution < -0.4 is 11.3 Å². The Morgan fingerprint density at radius 3 is 2.38 bits per heavy atom. The minimum absolute atomic E-state index is 0.134. The van der Waals surface area contributed by atoms with Gasteiger partial charge in [-0.1, -0.05) is 52.0 Å². The third-order valence-electron chi connectivity index (χ3n) is 3.68. The Labute approximate surface area is 125 Å². The fourth-order valence-corrected chi connectivity index (χ4v) is 2.18. The molecule has 1 aromatic carbocycles. The van der Waals surface area contributed by atoms with Crippen molar-refractivity contribution in [1.29, 1.82) is 0 Å². The predicted molar refractivity (Wildman–Crippen MR) is 85.4 cm³/mol. The summed E-state index contributed by atoms with van der Waals surface area (Å²) in [5, 5.41) is 6.68. The molecule has 2 rings (SSSR count). The van der Waals surface area contributed by atoms with Crippen LogP contribution in [0.1, 0.15) is 56.1 Å². The van der Waals surface area contributed by atoms with Gasteiger partial charge in [0.25, 0.3) is 5.56 Å². The first-order valence-electron chi connectivity index (χ1n) is 7.27. The summed E-state index contributed by atoms with van der Waals surface area (Å²) in [6.45, 7) is 8.27. The van der Waals surface area contributed by atoms with Crippen molar-refractivity contribution in [2.75, 3.05) is 0 Å². The summed E-state index contributed by atoms with van der Waals surface area (Å²) in [5.41, 5.74) is 9.49. The van der Waals surface area contributed by atoms with Gasteiger partial charge in [-0.2, -0.15) is 5.10 Å². The van der Waals surface area contributed by atoms with Crippen molar-refractivity contribution < 1.29 is 0 Å². The SMILES string of the molecule is CCc1ccc(C(N)c2cc(C(C)(C)C)n[nH]c2=O)cc1. The molecule has 0 amide bonds. The maximum Gasteiger partial charge on any atom is 0.269 e. The molecule has 0 bridgehead atoms. The quantitative estimate of drug-likeness (QED) is 0.910. The molecule has 1 atom stereocenters. The summed E-state index contributed by atoms with van der Waals surface area (Å²) >= 11 is 0. The Kier molecular flexibility index (Phi) is 4.28. The number of rotatable bonds is 3. The molecule has 0 radical (unpaired) electrons. The van der Waals surface area contributed by atoms with E-state index in [0.29, 0.717) is 5.56 Å². The van der Waals surface area contributed by atoms with Gasteiger partial charge in [-0.25, -0.2) is 5.10 Å². The minimum atomic E-state index is -0.441. The van der Waals surface area contributed by atoms with E-state index < -0.39 is 6.04 Å². The van der Waals surface area contributed by atoms with E-state index in [2.05, 4.69) is 50.0 Å². The molecular formula is C17H23N3O. The van der Waals surface area contributed by atoms with Crippen LogP contribution in [0.5, 0.6) is 0 Å². The average molecular weight is 285 g/mol. The lowest BCUT2D eigenvalue weighted by Gasteiger charge is -2.19. The number of nitrogens with one attached hydrogen (secondary N) is 1. The molecule has 0 spiro atoms. The van der Waals surface area contributed by atoms with E-state index in [4.69, 9.17) is 5.73 Å². The lowest BCUT2D eigenvalue weighted by Crippen LogP contribution is -2.27. The van der Waals surface area contributed by atoms with E-state index in [1.807, 2.05) is 18.2 Å². The standard InChI is InChI=1S/C17H23N3O/c1-5-11-6-8-12(9-7-11)15(18)13-10-14(17(2,3)4)19-20-16(13)21/h6-10,15H,5,18H2,1-4H3,(H,20,21). The molecule has 0 aliphatic rings. The highest BCUT2D eigenvalue weighted by Crippen LogP contribution is 2.23. The largest absolute Gasteiger partial charge is 0.320 e. The van der Waals surface area contributed by atoms with E-state index in [1.165, 1.54) is 5.56 Å². The number of benzene rings is 1. The van der Waals surface area contributed by atoms with Crippen LogP contribution in [0.4, 0.5) is 0 Å². The zero-order valence-corrected chi connectivity index (χ0v) is 13.1. The zero-order valence-electron chi connectivity index (χ0n) is 13.1. The number of hydrogen-bond acceptors (Lipinski definition) is 3. The van der Waals surface area contributed by atoms with E-state index in [-0.39, 0.29) is 11.0 Å². The highest BCUT2D eigenvalue weighted by Gasteiger charge is 2.20. The highest BCUT2D eigenvalue weighted by atomic mass is 16.1. The molecular weight excluding hydrogens is 262 g/mol. The molecule has 1 aromatic heterocycles. The molecule has 1 unspecified atom stereocenters. The van der Waals surface area contributed by atoms with Gasteiger partial charge in [0.05, 0.1) is 11.7 Å². The lowest BCUT2D eigenvalue weighted by atomic mass is 9.89. The second-order valence-corrected chi connectivity index (χ2v) is 6.36. The van der Waals surface area contributed by atoms with Crippen LogP contribution in [-0.4, -0.2) is 10.2 Å². The van der Waals surface area contributed by atoms with E-state index >= 15 is 0 Å². The second kappa shape index (κ2) is 5.82. The zero-order chi connectivity index (χ0) is 15.6. The van der Waals surface area contributed by atoms with E-state index in [0.717, 1.165) is 17.7 Å². The topological polar surface area (TPSA) is 71.8 Å². The summed E-state index contributed by atoms with van der Waals surface area (Å²) in [4.78, 5) is 12.0. The van der Waals surface area contributed by atoms with Crippen LogP contribution in [0.2, 0.25) is 0 Å². The number of nitrogens with two attached hydrogens (primary N) is 1. The van der Waals surface area contributed by atoms with Crippen LogP contribution in [0.3, 0.4) is 0 Å². The number of aryl methyl sites for hydroxylation is 1. The number of nitrogens with zero attached hydrogens (tertiary/aromatic N) is 1. The third-order valence-corrected chi connectivity index (χ3v) is 3.68. The van der Waals surface area contributed by atoms with Crippen molar-refractivity contribution in [3.8, 4) is 0 Å². The minimum Gasteiger partial charge on any atom is -0.320 e. The molecule has 21 heavy (non-hydrogen) atoms. The van der Waals surface area contributed by atoms with Gasteiger partial charge in [-0.05, 0) is 23.6 Å². The second-order valence-electron chi connectivity index (χ2n) is 6.36. The molecule has 0 aliphatic carbocycles. The van der Waals surface area contributed by atoms with Gasteiger partial charge < -0.3 is 5.73 Å². The van der Waals surface area contributed by atoms with Gasteiger partial charge in [-0.15, -0.1) is 0 Å². The normalized spacial score (nSPS) is 13.2. The number of aromatic nitrogens is 2. The van der Waals surface area contributed by atoms with Gasteiger partial charge in [-0.3, -0.25) is 4.79 Å². The first-order valence-corrected chi connectivity index (χ1v) is 7.27. The molecule has 112 valence electrons. The number of H-pyrrole nitrogens is 1. The van der Waals surface area contributed by atoms with Crippen molar-refractivity contribution in [3.63, 3.8) is 0 Å². The first kappa shape index (κ1) is 15.4. The smallest absolute Gasteiger partial charge is 0.269 e. The molecule has 1 heterocycles. The Balaban J connectivity index is 2.42. The summed E-state index contributed by atoms with van der Waals surface area (Å²) < 4.78 is 0. The van der Waals surface area contributed by atoms with Gasteiger partial charge in [0.1, 0.15) is 0 Å². The maximum absolute atomic E-state index is 12.0. The van der Waals surface area contributed by atoms with Gasteiger partial charge in [0, 0.05) is 11.0 Å². The molecule has 0 saturated carbocycles. The highest BCUT2D eigenvalue weighted by molar-refractivity contribution is 5.33.